The third kappa shape index (κ3) is 7.17. The number of carbonyl (C=O) groups excluding carboxylic acids is 2. The van der Waals surface area contributed by atoms with Gasteiger partial charge >= 0.3 is 6.16 Å². The van der Waals surface area contributed by atoms with Gasteiger partial charge in [0.1, 0.15) is 6.54 Å². The second-order valence-electron chi connectivity index (χ2n) is 6.31. The minimum Gasteiger partial charge on any atom is -0.493 e. The average Bonchev–Trinajstić information content (AvgIpc) is 2.77. The fourth-order valence-corrected chi connectivity index (χ4v) is 3.33. The molecule has 0 aliphatic heterocycles. The molecule has 0 spiro atoms. The first-order chi connectivity index (χ1) is 15.5. The van der Waals surface area contributed by atoms with Gasteiger partial charge in [-0.2, -0.15) is 5.10 Å². The summed E-state index contributed by atoms with van der Waals surface area (Å²) in [5, 5.41) is 14.7. The smallest absolute Gasteiger partial charge is 0.493 e. The number of hydrogen-bond donors (Lipinski definition) is 1. The van der Waals surface area contributed by atoms with E-state index in [0.717, 1.165) is 19.4 Å². The molecule has 0 aliphatic carbocycles. The van der Waals surface area contributed by atoms with E-state index in [1.807, 2.05) is 0 Å². The van der Waals surface area contributed by atoms with Gasteiger partial charge in [-0.3, -0.25) is 19.2 Å². The lowest BCUT2D eigenvalue weighted by atomic mass is 10.2. The van der Waals surface area contributed by atoms with Gasteiger partial charge in [0.05, 0.1) is 37.3 Å². The zero-order valence-electron chi connectivity index (χ0n) is 17.8. The van der Waals surface area contributed by atoms with E-state index >= 15 is 0 Å². The van der Waals surface area contributed by atoms with E-state index in [1.54, 1.807) is 0 Å². The molecule has 2 rings (SSSR count). The number of carbonyl (C=O) groups is 2. The van der Waals surface area contributed by atoms with E-state index in [-0.39, 0.29) is 22.9 Å². The van der Waals surface area contributed by atoms with E-state index in [2.05, 4.69) is 15.3 Å². The van der Waals surface area contributed by atoms with E-state index in [1.165, 1.54) is 49.7 Å². The molecule has 0 aromatic heterocycles. The van der Waals surface area contributed by atoms with Crippen molar-refractivity contribution in [2.75, 3.05) is 31.3 Å². The number of nitro benzene ring substituents is 1. The highest BCUT2D eigenvalue weighted by molar-refractivity contribution is 7.92. The number of non-ortho nitro benzene ring substituents is 1. The van der Waals surface area contributed by atoms with E-state index in [4.69, 9.17) is 9.47 Å². The summed E-state index contributed by atoms with van der Waals surface area (Å²) in [6.07, 6.45) is 1.19. The lowest BCUT2D eigenvalue weighted by Gasteiger charge is -2.21. The van der Waals surface area contributed by atoms with E-state index in [0.29, 0.717) is 9.87 Å². The van der Waals surface area contributed by atoms with E-state index < -0.39 is 33.6 Å². The fourth-order valence-electron chi connectivity index (χ4n) is 2.49. The first-order valence-electron chi connectivity index (χ1n) is 9.03. The molecule has 2 aromatic rings. The Morgan fingerprint density at radius 2 is 1.91 bits per heavy atom. The van der Waals surface area contributed by atoms with Crippen LogP contribution in [0.15, 0.2) is 47.6 Å². The number of amides is 1. The van der Waals surface area contributed by atoms with Crippen LogP contribution in [0.4, 0.5) is 16.2 Å². The van der Waals surface area contributed by atoms with E-state index in [9.17, 15) is 28.1 Å². The summed E-state index contributed by atoms with van der Waals surface area (Å²) in [6, 6.07) is 9.29. The Balaban J connectivity index is 2.12. The molecule has 0 heterocycles. The summed E-state index contributed by atoms with van der Waals surface area (Å²) < 4.78 is 39.4. The molecule has 0 bridgehead atoms. The highest BCUT2D eigenvalue weighted by Crippen LogP contribution is 2.28. The van der Waals surface area contributed by atoms with Crippen molar-refractivity contribution in [3.05, 3.63) is 58.1 Å². The number of sulfonamides is 1. The van der Waals surface area contributed by atoms with Gasteiger partial charge in [-0.25, -0.2) is 18.6 Å². The number of anilines is 1. The van der Waals surface area contributed by atoms with Gasteiger partial charge in [-0.15, -0.1) is 0 Å². The lowest BCUT2D eigenvalue weighted by Crippen LogP contribution is -2.39. The highest BCUT2D eigenvalue weighted by Gasteiger charge is 2.22. The molecule has 2 aromatic carbocycles. The lowest BCUT2D eigenvalue weighted by molar-refractivity contribution is -0.384. The third-order valence-electron chi connectivity index (χ3n) is 3.97. The Morgan fingerprint density at radius 3 is 2.52 bits per heavy atom. The fraction of sp³-hybridized carbons (Fsp3) is 0.211. The minimum absolute atomic E-state index is 0.0447. The summed E-state index contributed by atoms with van der Waals surface area (Å²) in [6.45, 7) is -0.660. The van der Waals surface area contributed by atoms with Crippen molar-refractivity contribution in [1.82, 2.24) is 5.43 Å². The van der Waals surface area contributed by atoms with Gasteiger partial charge in [-0.05, 0) is 29.8 Å². The van der Waals surface area contributed by atoms with Gasteiger partial charge in [0.2, 0.25) is 10.0 Å². The van der Waals surface area contributed by atoms with Crippen molar-refractivity contribution in [2.24, 2.45) is 5.10 Å². The first-order valence-corrected chi connectivity index (χ1v) is 10.9. The van der Waals surface area contributed by atoms with Gasteiger partial charge < -0.3 is 14.2 Å². The van der Waals surface area contributed by atoms with Crippen molar-refractivity contribution in [1.29, 1.82) is 0 Å². The SMILES string of the molecule is COC(=O)Oc1ccc(/C=N\NC(=O)CN(c2cccc([N+](=O)[O-])c2)S(C)(=O)=O)cc1OC. The van der Waals surface area contributed by atoms with Gasteiger partial charge in [0.15, 0.2) is 11.5 Å². The Hall–Kier alpha value is -4.20. The summed E-state index contributed by atoms with van der Waals surface area (Å²) in [7, 11) is -1.42. The summed E-state index contributed by atoms with van der Waals surface area (Å²) in [4.78, 5) is 33.8. The number of hydrazone groups is 1. The molecular formula is C19H20N4O9S. The second-order valence-corrected chi connectivity index (χ2v) is 8.21. The molecule has 176 valence electrons. The van der Waals surface area contributed by atoms with Crippen LogP contribution in [0.3, 0.4) is 0 Å². The number of hydrogen-bond acceptors (Lipinski definition) is 10. The number of methoxy groups -OCH3 is 2. The molecule has 0 saturated carbocycles. The normalized spacial score (nSPS) is 11.0. The number of rotatable bonds is 9. The summed E-state index contributed by atoms with van der Waals surface area (Å²) >= 11 is 0. The number of nitrogens with one attached hydrogen (secondary N) is 1. The molecule has 14 heteroatoms. The van der Waals surface area contributed by atoms with Crippen LogP contribution in [0, 0.1) is 10.1 Å². The van der Waals surface area contributed by atoms with Crippen molar-refractivity contribution < 1.29 is 37.1 Å². The number of ether oxygens (including phenoxy) is 3. The number of benzene rings is 2. The van der Waals surface area contributed by atoms with Crippen LogP contribution in [-0.2, 0) is 19.6 Å². The van der Waals surface area contributed by atoms with Crippen molar-refractivity contribution in [3.8, 4) is 11.5 Å². The largest absolute Gasteiger partial charge is 0.513 e. The van der Waals surface area contributed by atoms with Crippen molar-refractivity contribution in [2.45, 2.75) is 0 Å². The van der Waals surface area contributed by atoms with Crippen molar-refractivity contribution >= 4 is 39.7 Å². The van der Waals surface area contributed by atoms with Gasteiger partial charge in [-0.1, -0.05) is 6.07 Å². The van der Waals surface area contributed by atoms with Gasteiger partial charge in [0, 0.05) is 12.1 Å². The first kappa shape index (κ1) is 25.1. The number of nitrogens with zero attached hydrogens (tertiary/aromatic N) is 3. The molecule has 0 radical (unpaired) electrons. The van der Waals surface area contributed by atoms with Gasteiger partial charge in [0.25, 0.3) is 11.6 Å². The molecular weight excluding hydrogens is 460 g/mol. The predicted molar refractivity (Wildman–Crippen MR) is 117 cm³/mol. The molecule has 13 nitrogen and oxygen atoms in total. The minimum atomic E-state index is -3.93. The average molecular weight is 480 g/mol. The Bertz CT molecular complexity index is 1180. The molecule has 0 aliphatic rings. The maximum absolute atomic E-state index is 12.3. The van der Waals surface area contributed by atoms with Crippen LogP contribution in [-0.4, -0.2) is 58.6 Å². The predicted octanol–water partition coefficient (Wildman–Crippen LogP) is 1.66. The molecule has 0 saturated heterocycles. The summed E-state index contributed by atoms with van der Waals surface area (Å²) in [5.41, 5.74) is 2.27. The Kier molecular flexibility index (Phi) is 8.28. The maximum Gasteiger partial charge on any atom is 0.513 e. The van der Waals surface area contributed by atoms with Crippen LogP contribution < -0.4 is 19.2 Å². The molecule has 1 amide bonds. The van der Waals surface area contributed by atoms with Crippen LogP contribution in [0.25, 0.3) is 0 Å². The van der Waals surface area contributed by atoms with Crippen LogP contribution >= 0.6 is 0 Å². The van der Waals surface area contributed by atoms with Crippen molar-refractivity contribution in [3.63, 3.8) is 0 Å². The standard InChI is InChI=1S/C19H20N4O9S/c1-30-17-9-13(7-8-16(17)32-19(25)31-2)11-20-21-18(24)12-22(33(3,28)29)14-5-4-6-15(10-14)23(26)27/h4-11H,12H2,1-3H3,(H,21,24)/b20-11-. The molecule has 33 heavy (non-hydrogen) atoms. The molecule has 0 atom stereocenters. The third-order valence-corrected chi connectivity index (χ3v) is 5.11. The molecule has 0 fully saturated rings. The Morgan fingerprint density at radius 1 is 1.18 bits per heavy atom. The maximum atomic E-state index is 12.3. The van der Waals surface area contributed by atoms with Crippen LogP contribution in [0.2, 0.25) is 0 Å². The molecule has 0 unspecified atom stereocenters. The topological polar surface area (TPSA) is 167 Å². The quantitative estimate of drug-likeness (QED) is 0.184. The zero-order valence-corrected chi connectivity index (χ0v) is 18.6. The summed E-state index contributed by atoms with van der Waals surface area (Å²) in [5.74, 6) is -0.489. The zero-order chi connectivity index (χ0) is 24.6. The number of nitro groups is 1. The second kappa shape index (κ2) is 10.9. The molecule has 1 N–H and O–H groups in total. The Labute approximate surface area is 188 Å². The van der Waals surface area contributed by atoms with Crippen LogP contribution in [0.5, 0.6) is 11.5 Å². The van der Waals surface area contributed by atoms with Crippen LogP contribution in [0.1, 0.15) is 5.56 Å². The monoisotopic (exact) mass is 480 g/mol. The highest BCUT2D eigenvalue weighted by atomic mass is 32.2.